The Hall–Kier alpha value is -5.90. The zero-order chi connectivity index (χ0) is 29.7. The van der Waals surface area contributed by atoms with E-state index in [0.29, 0.717) is 35.2 Å². The number of furan rings is 2. The minimum Gasteiger partial charge on any atom is -0.463 e. The summed E-state index contributed by atoms with van der Waals surface area (Å²) in [6.07, 6.45) is 12.1. The number of anilines is 3. The molecular formula is C34H29N7O3. The van der Waals surface area contributed by atoms with E-state index in [2.05, 4.69) is 66.5 Å². The van der Waals surface area contributed by atoms with Gasteiger partial charge >= 0.3 is 6.03 Å². The summed E-state index contributed by atoms with van der Waals surface area (Å²) in [6.45, 7) is 0.650. The number of carbonyl (C=O) groups excluding carboxylic acids is 1. The van der Waals surface area contributed by atoms with Gasteiger partial charge in [0.15, 0.2) is 11.6 Å². The zero-order valence-corrected chi connectivity index (χ0v) is 23.7. The molecule has 2 aromatic carbocycles. The van der Waals surface area contributed by atoms with Crippen molar-refractivity contribution in [3.63, 3.8) is 0 Å². The number of amides is 2. The molecule has 4 aromatic heterocycles. The highest BCUT2D eigenvalue weighted by molar-refractivity contribution is 6.04. The van der Waals surface area contributed by atoms with Gasteiger partial charge in [-0.15, -0.1) is 0 Å². The maximum absolute atomic E-state index is 12.5. The van der Waals surface area contributed by atoms with E-state index in [-0.39, 0.29) is 0 Å². The van der Waals surface area contributed by atoms with Gasteiger partial charge in [0.1, 0.15) is 23.6 Å². The Kier molecular flexibility index (Phi) is 7.44. The SMILES string of the molecule is O=C(Nc1ccc(CCNc2ncnc3oc(C4=CC=CCC4)c(-c4ccccc4)c23)cc1)Nc1cc(-c2ccco2)[nH]n1. The molecule has 2 amide bonds. The molecular weight excluding hydrogens is 554 g/mol. The van der Waals surface area contributed by atoms with E-state index in [1.54, 1.807) is 18.4 Å². The van der Waals surface area contributed by atoms with Gasteiger partial charge in [-0.1, -0.05) is 60.7 Å². The molecule has 44 heavy (non-hydrogen) atoms. The second kappa shape index (κ2) is 12.1. The molecule has 10 nitrogen and oxygen atoms in total. The van der Waals surface area contributed by atoms with Crippen molar-refractivity contribution >= 4 is 40.0 Å². The molecule has 0 spiro atoms. The summed E-state index contributed by atoms with van der Waals surface area (Å²) in [6, 6.07) is 22.9. The second-order valence-electron chi connectivity index (χ2n) is 10.3. The van der Waals surface area contributed by atoms with Gasteiger partial charge in [0.2, 0.25) is 5.71 Å². The van der Waals surface area contributed by atoms with E-state index < -0.39 is 6.03 Å². The third-order valence-electron chi connectivity index (χ3n) is 7.38. The maximum atomic E-state index is 12.5. The molecule has 10 heteroatoms. The molecule has 7 rings (SSSR count). The fraction of sp³-hybridized carbons (Fsp3) is 0.118. The number of urea groups is 1. The molecule has 0 aliphatic heterocycles. The minimum absolute atomic E-state index is 0.390. The number of aromatic amines is 1. The Labute approximate surface area is 252 Å². The van der Waals surface area contributed by atoms with Crippen molar-refractivity contribution in [1.29, 1.82) is 0 Å². The van der Waals surface area contributed by atoms with Gasteiger partial charge in [-0.2, -0.15) is 5.10 Å². The van der Waals surface area contributed by atoms with Crippen LogP contribution in [0.4, 0.5) is 22.1 Å². The predicted octanol–water partition coefficient (Wildman–Crippen LogP) is 7.90. The zero-order valence-electron chi connectivity index (χ0n) is 23.7. The van der Waals surface area contributed by atoms with Crippen LogP contribution in [0.25, 0.3) is 39.3 Å². The number of benzene rings is 2. The Balaban J connectivity index is 1.02. The smallest absolute Gasteiger partial charge is 0.324 e. The van der Waals surface area contributed by atoms with Gasteiger partial charge in [-0.05, 0) is 60.2 Å². The summed E-state index contributed by atoms with van der Waals surface area (Å²) in [4.78, 5) is 21.6. The lowest BCUT2D eigenvalue weighted by molar-refractivity contribution is 0.262. The lowest BCUT2D eigenvalue weighted by Gasteiger charge is -2.11. The number of allylic oxidation sites excluding steroid dienone is 4. The van der Waals surface area contributed by atoms with E-state index in [1.807, 2.05) is 48.5 Å². The standard InChI is InChI=1S/C34H29N7O3/c42-34(39-28-20-26(40-41-28)27-12-7-19-43-27)38-25-15-13-22(14-16-25)17-18-35-32-30-29(23-8-3-1-4-9-23)31(24-10-5-2-6-11-24)44-33(30)37-21-36-32/h1-5,7-10,12-16,19-21H,6,11,17-18H2,(H,35,36,37)(H3,38,39,40,41,42). The van der Waals surface area contributed by atoms with Crippen LogP contribution in [0.3, 0.4) is 0 Å². The molecule has 218 valence electrons. The van der Waals surface area contributed by atoms with E-state index in [4.69, 9.17) is 8.83 Å². The van der Waals surface area contributed by atoms with Gasteiger partial charge in [0.05, 0.1) is 11.6 Å². The molecule has 0 saturated carbocycles. The minimum atomic E-state index is -0.390. The van der Waals surface area contributed by atoms with Crippen molar-refractivity contribution in [2.24, 2.45) is 0 Å². The molecule has 4 heterocycles. The maximum Gasteiger partial charge on any atom is 0.324 e. The lowest BCUT2D eigenvalue weighted by atomic mass is 9.95. The number of nitrogens with zero attached hydrogens (tertiary/aromatic N) is 3. The number of carbonyl (C=O) groups is 1. The Morgan fingerprint density at radius 1 is 0.977 bits per heavy atom. The summed E-state index contributed by atoms with van der Waals surface area (Å²) in [5.74, 6) is 2.61. The van der Waals surface area contributed by atoms with Crippen LogP contribution in [0.1, 0.15) is 24.2 Å². The molecule has 0 radical (unpaired) electrons. The number of aromatic nitrogens is 4. The van der Waals surface area contributed by atoms with Crippen LogP contribution in [0.5, 0.6) is 0 Å². The quantitative estimate of drug-likeness (QED) is 0.136. The fourth-order valence-corrected chi connectivity index (χ4v) is 5.27. The molecule has 0 atom stereocenters. The normalized spacial score (nSPS) is 12.7. The summed E-state index contributed by atoms with van der Waals surface area (Å²) < 4.78 is 11.7. The molecule has 0 unspecified atom stereocenters. The molecule has 1 aliphatic carbocycles. The Morgan fingerprint density at radius 2 is 1.86 bits per heavy atom. The number of rotatable bonds is 9. The van der Waals surface area contributed by atoms with E-state index in [9.17, 15) is 4.79 Å². The first-order chi connectivity index (χ1) is 21.7. The Bertz CT molecular complexity index is 1950. The number of H-pyrrole nitrogens is 1. The van der Waals surface area contributed by atoms with Crippen LogP contribution in [-0.2, 0) is 6.42 Å². The number of hydrogen-bond donors (Lipinski definition) is 4. The number of fused-ring (bicyclic) bond motifs is 1. The predicted molar refractivity (Wildman–Crippen MR) is 171 cm³/mol. The van der Waals surface area contributed by atoms with Gasteiger partial charge < -0.3 is 19.5 Å². The highest BCUT2D eigenvalue weighted by Crippen LogP contribution is 2.42. The van der Waals surface area contributed by atoms with Crippen LogP contribution in [-0.4, -0.2) is 32.7 Å². The largest absolute Gasteiger partial charge is 0.463 e. The van der Waals surface area contributed by atoms with Gasteiger partial charge in [0, 0.05) is 23.9 Å². The fourth-order valence-electron chi connectivity index (χ4n) is 5.27. The average molecular weight is 584 g/mol. The summed E-state index contributed by atoms with van der Waals surface area (Å²) in [5, 5.41) is 16.9. The Morgan fingerprint density at radius 3 is 2.66 bits per heavy atom. The van der Waals surface area contributed by atoms with Crippen LogP contribution >= 0.6 is 0 Å². The van der Waals surface area contributed by atoms with Gasteiger partial charge in [0.25, 0.3) is 0 Å². The first kappa shape index (κ1) is 27.0. The molecule has 0 saturated heterocycles. The molecule has 4 N–H and O–H groups in total. The third kappa shape index (κ3) is 5.73. The second-order valence-corrected chi connectivity index (χ2v) is 10.3. The summed E-state index contributed by atoms with van der Waals surface area (Å²) >= 11 is 0. The van der Waals surface area contributed by atoms with Crippen molar-refractivity contribution in [3.05, 3.63) is 115 Å². The van der Waals surface area contributed by atoms with Crippen molar-refractivity contribution in [2.75, 3.05) is 22.5 Å². The first-order valence-corrected chi connectivity index (χ1v) is 14.4. The highest BCUT2D eigenvalue weighted by atomic mass is 16.3. The summed E-state index contributed by atoms with van der Waals surface area (Å²) in [5.41, 5.74) is 6.24. The molecule has 1 aliphatic rings. The van der Waals surface area contributed by atoms with E-state index in [0.717, 1.165) is 58.5 Å². The van der Waals surface area contributed by atoms with Crippen LogP contribution in [0.2, 0.25) is 0 Å². The number of nitrogens with one attached hydrogen (secondary N) is 4. The van der Waals surface area contributed by atoms with Crippen molar-refractivity contribution in [3.8, 4) is 22.6 Å². The van der Waals surface area contributed by atoms with Crippen LogP contribution < -0.4 is 16.0 Å². The van der Waals surface area contributed by atoms with Crippen molar-refractivity contribution in [2.45, 2.75) is 19.3 Å². The van der Waals surface area contributed by atoms with Gasteiger partial charge in [-0.25, -0.2) is 14.8 Å². The van der Waals surface area contributed by atoms with Gasteiger partial charge in [-0.3, -0.25) is 10.4 Å². The molecule has 0 fully saturated rings. The van der Waals surface area contributed by atoms with Crippen LogP contribution in [0, 0.1) is 0 Å². The van der Waals surface area contributed by atoms with Crippen molar-refractivity contribution < 1.29 is 13.6 Å². The molecule has 6 aromatic rings. The highest BCUT2D eigenvalue weighted by Gasteiger charge is 2.23. The van der Waals surface area contributed by atoms with E-state index in [1.165, 1.54) is 6.33 Å². The molecule has 0 bridgehead atoms. The van der Waals surface area contributed by atoms with Crippen molar-refractivity contribution in [1.82, 2.24) is 20.2 Å². The third-order valence-corrected chi connectivity index (χ3v) is 7.38. The topological polar surface area (TPSA) is 134 Å². The lowest BCUT2D eigenvalue weighted by Crippen LogP contribution is -2.19. The van der Waals surface area contributed by atoms with Crippen LogP contribution in [0.15, 0.2) is 112 Å². The summed E-state index contributed by atoms with van der Waals surface area (Å²) in [7, 11) is 0. The number of hydrogen-bond acceptors (Lipinski definition) is 7. The monoisotopic (exact) mass is 583 g/mol. The van der Waals surface area contributed by atoms with E-state index >= 15 is 0 Å². The average Bonchev–Trinajstić information content (AvgIpc) is 3.83. The first-order valence-electron chi connectivity index (χ1n) is 14.4.